The van der Waals surface area contributed by atoms with Crippen LogP contribution in [-0.2, 0) is 9.47 Å². The molecule has 18 heavy (non-hydrogen) atoms. The Morgan fingerprint density at radius 2 is 2.17 bits per heavy atom. The van der Waals surface area contributed by atoms with Crippen LogP contribution in [0.4, 0.5) is 0 Å². The second-order valence-corrected chi connectivity index (χ2v) is 4.14. The van der Waals surface area contributed by atoms with Crippen LogP contribution in [0.2, 0.25) is 0 Å². The lowest BCUT2D eigenvalue weighted by Crippen LogP contribution is -2.38. The zero-order valence-electron chi connectivity index (χ0n) is 11.4. The van der Waals surface area contributed by atoms with Crippen molar-refractivity contribution >= 4 is 29.9 Å². The summed E-state index contributed by atoms with van der Waals surface area (Å²) in [7, 11) is 1.79. The molecule has 1 unspecified atom stereocenters. The molecule has 1 fully saturated rings. The summed E-state index contributed by atoms with van der Waals surface area (Å²) in [6.45, 7) is 6.36. The van der Waals surface area contributed by atoms with Gasteiger partial charge in [0, 0.05) is 33.4 Å². The van der Waals surface area contributed by atoms with Crippen molar-refractivity contribution in [1.29, 1.82) is 0 Å². The van der Waals surface area contributed by atoms with Crippen LogP contribution in [0.3, 0.4) is 0 Å². The van der Waals surface area contributed by atoms with Gasteiger partial charge in [0.15, 0.2) is 5.96 Å². The van der Waals surface area contributed by atoms with Crippen molar-refractivity contribution in [1.82, 2.24) is 10.6 Å². The maximum Gasteiger partial charge on any atom is 0.190 e. The minimum Gasteiger partial charge on any atom is -0.379 e. The summed E-state index contributed by atoms with van der Waals surface area (Å²) in [6.07, 6.45) is 3.44. The predicted molar refractivity (Wildman–Crippen MR) is 84.9 cm³/mol. The number of aliphatic imine (C=N–C) groups is 1. The number of hydrogen-bond donors (Lipinski definition) is 2. The Labute approximate surface area is 127 Å². The predicted octanol–water partition coefficient (Wildman–Crippen LogP) is 1.37. The van der Waals surface area contributed by atoms with Gasteiger partial charge < -0.3 is 20.1 Å². The Kier molecular flexibility index (Phi) is 11.9. The number of ether oxygens (including phenoxy) is 2. The molecule has 108 valence electrons. The largest absolute Gasteiger partial charge is 0.379 e. The first-order valence-electron chi connectivity index (χ1n) is 6.50. The maximum atomic E-state index is 5.67. The molecular formula is C12H26IN3O2. The molecule has 1 aliphatic rings. The van der Waals surface area contributed by atoms with Gasteiger partial charge in [-0.2, -0.15) is 0 Å². The molecule has 0 aliphatic carbocycles. The van der Waals surface area contributed by atoms with Crippen LogP contribution in [0.15, 0.2) is 4.99 Å². The molecule has 1 atom stereocenters. The highest BCUT2D eigenvalue weighted by Crippen LogP contribution is 2.07. The van der Waals surface area contributed by atoms with Crippen LogP contribution >= 0.6 is 24.0 Å². The van der Waals surface area contributed by atoms with Crippen molar-refractivity contribution in [3.8, 4) is 0 Å². The summed E-state index contributed by atoms with van der Waals surface area (Å²) in [5.41, 5.74) is 0. The second kappa shape index (κ2) is 12.0. The van der Waals surface area contributed by atoms with E-state index in [2.05, 4.69) is 22.5 Å². The smallest absolute Gasteiger partial charge is 0.190 e. The molecule has 0 aromatic carbocycles. The molecule has 0 radical (unpaired) electrons. The van der Waals surface area contributed by atoms with E-state index in [1.54, 1.807) is 7.05 Å². The van der Waals surface area contributed by atoms with E-state index in [9.17, 15) is 0 Å². The zero-order chi connectivity index (χ0) is 12.3. The Bertz CT molecular complexity index is 221. The summed E-state index contributed by atoms with van der Waals surface area (Å²) in [4.78, 5) is 4.13. The molecule has 0 aromatic rings. The maximum absolute atomic E-state index is 5.67. The van der Waals surface area contributed by atoms with E-state index in [1.165, 1.54) is 0 Å². The first kappa shape index (κ1) is 17.9. The van der Waals surface area contributed by atoms with Gasteiger partial charge in [-0.15, -0.1) is 24.0 Å². The normalized spacial score (nSPS) is 19.4. The van der Waals surface area contributed by atoms with Gasteiger partial charge in [-0.05, 0) is 19.3 Å². The van der Waals surface area contributed by atoms with E-state index >= 15 is 0 Å². The molecule has 0 bridgehead atoms. The Balaban J connectivity index is 0.00000289. The molecule has 1 saturated heterocycles. The Morgan fingerprint density at radius 3 is 2.78 bits per heavy atom. The molecule has 5 nitrogen and oxygen atoms in total. The lowest BCUT2D eigenvalue weighted by Gasteiger charge is -2.12. The molecule has 2 N–H and O–H groups in total. The molecule has 0 spiro atoms. The van der Waals surface area contributed by atoms with Crippen molar-refractivity contribution in [2.45, 2.75) is 32.3 Å². The van der Waals surface area contributed by atoms with Gasteiger partial charge in [0.1, 0.15) is 0 Å². The first-order valence-corrected chi connectivity index (χ1v) is 6.50. The lowest BCUT2D eigenvalue weighted by molar-refractivity contribution is 0.0420. The van der Waals surface area contributed by atoms with E-state index in [4.69, 9.17) is 9.47 Å². The second-order valence-electron chi connectivity index (χ2n) is 4.14. The van der Waals surface area contributed by atoms with Gasteiger partial charge in [-0.3, -0.25) is 4.99 Å². The third-order valence-corrected chi connectivity index (χ3v) is 2.62. The first-order chi connectivity index (χ1) is 8.36. The third-order valence-electron chi connectivity index (χ3n) is 2.62. The number of halogens is 1. The Morgan fingerprint density at radius 1 is 1.39 bits per heavy atom. The molecule has 0 amide bonds. The van der Waals surface area contributed by atoms with Crippen LogP contribution < -0.4 is 10.6 Å². The number of nitrogens with zero attached hydrogens (tertiary/aromatic N) is 1. The van der Waals surface area contributed by atoms with Gasteiger partial charge in [-0.25, -0.2) is 0 Å². The summed E-state index contributed by atoms with van der Waals surface area (Å²) >= 11 is 0. The fraction of sp³-hybridized carbons (Fsp3) is 0.917. The van der Waals surface area contributed by atoms with Gasteiger partial charge in [0.2, 0.25) is 0 Å². The van der Waals surface area contributed by atoms with Crippen molar-refractivity contribution in [2.75, 3.05) is 40.0 Å². The van der Waals surface area contributed by atoms with E-state index in [1.807, 2.05) is 0 Å². The van der Waals surface area contributed by atoms with Crippen LogP contribution in [-0.4, -0.2) is 52.0 Å². The van der Waals surface area contributed by atoms with Crippen molar-refractivity contribution in [2.24, 2.45) is 4.99 Å². The van der Waals surface area contributed by atoms with Crippen molar-refractivity contribution in [3.63, 3.8) is 0 Å². The van der Waals surface area contributed by atoms with Crippen LogP contribution in [0.25, 0.3) is 0 Å². The van der Waals surface area contributed by atoms with E-state index < -0.39 is 0 Å². The van der Waals surface area contributed by atoms with Crippen molar-refractivity contribution < 1.29 is 9.47 Å². The molecule has 1 heterocycles. The number of rotatable bonds is 7. The fourth-order valence-electron chi connectivity index (χ4n) is 1.64. The summed E-state index contributed by atoms with van der Waals surface area (Å²) in [6, 6.07) is 0. The number of guanidine groups is 1. The summed E-state index contributed by atoms with van der Waals surface area (Å²) < 4.78 is 10.9. The molecule has 0 aromatic heterocycles. The van der Waals surface area contributed by atoms with Crippen LogP contribution in [0.1, 0.15) is 26.2 Å². The zero-order valence-corrected chi connectivity index (χ0v) is 13.7. The van der Waals surface area contributed by atoms with E-state index in [0.29, 0.717) is 6.10 Å². The minimum absolute atomic E-state index is 0. The lowest BCUT2D eigenvalue weighted by atomic mass is 10.3. The summed E-state index contributed by atoms with van der Waals surface area (Å²) in [5.74, 6) is 0.871. The molecular weight excluding hydrogens is 345 g/mol. The average Bonchev–Trinajstić information content (AvgIpc) is 2.85. The standard InChI is InChI=1S/C12H25N3O2.HI/c1-3-6-14-12(13-2)15-7-4-8-17-11-5-9-16-10-11;/h11H,3-10H2,1-2H3,(H2,13,14,15);1H. The summed E-state index contributed by atoms with van der Waals surface area (Å²) in [5, 5.41) is 6.49. The van der Waals surface area contributed by atoms with E-state index in [-0.39, 0.29) is 24.0 Å². The molecule has 1 aliphatic heterocycles. The number of nitrogens with one attached hydrogen (secondary N) is 2. The molecule has 1 rings (SSSR count). The fourth-order valence-corrected chi connectivity index (χ4v) is 1.64. The highest BCUT2D eigenvalue weighted by Gasteiger charge is 2.15. The molecule has 0 saturated carbocycles. The monoisotopic (exact) mass is 371 g/mol. The Hall–Kier alpha value is -0.0800. The van der Waals surface area contributed by atoms with Crippen LogP contribution in [0.5, 0.6) is 0 Å². The quantitative estimate of drug-likeness (QED) is 0.307. The van der Waals surface area contributed by atoms with Gasteiger partial charge in [-0.1, -0.05) is 6.92 Å². The average molecular weight is 371 g/mol. The van der Waals surface area contributed by atoms with E-state index in [0.717, 1.165) is 58.1 Å². The SMILES string of the molecule is CCCNC(=NC)NCCCOC1CCOC1.I. The van der Waals surface area contributed by atoms with Gasteiger partial charge in [0.05, 0.1) is 12.7 Å². The third kappa shape index (κ3) is 8.10. The number of hydrogen-bond acceptors (Lipinski definition) is 3. The van der Waals surface area contributed by atoms with Gasteiger partial charge >= 0.3 is 0 Å². The highest BCUT2D eigenvalue weighted by atomic mass is 127. The highest BCUT2D eigenvalue weighted by molar-refractivity contribution is 14.0. The van der Waals surface area contributed by atoms with Crippen molar-refractivity contribution in [3.05, 3.63) is 0 Å². The van der Waals surface area contributed by atoms with Crippen LogP contribution in [0, 0.1) is 0 Å². The minimum atomic E-state index is 0. The molecule has 6 heteroatoms. The topological polar surface area (TPSA) is 54.9 Å². The van der Waals surface area contributed by atoms with Gasteiger partial charge in [0.25, 0.3) is 0 Å².